The normalized spacial score (nSPS) is 11.1. The van der Waals surface area contributed by atoms with Gasteiger partial charge in [-0.15, -0.1) is 11.3 Å². The van der Waals surface area contributed by atoms with Crippen LogP contribution in [0.4, 0.5) is 0 Å². The summed E-state index contributed by atoms with van der Waals surface area (Å²) in [5.74, 6) is 0. The van der Waals surface area contributed by atoms with Crippen molar-refractivity contribution in [2.24, 2.45) is 0 Å². The zero-order chi connectivity index (χ0) is 13.2. The van der Waals surface area contributed by atoms with E-state index in [9.17, 15) is 0 Å². The SMILES string of the molecule is CCCCCCCCCNCc1cc(C)c(C)s1. The molecule has 0 atom stereocenters. The molecular formula is C16H29NS. The van der Waals surface area contributed by atoms with Gasteiger partial charge in [-0.2, -0.15) is 0 Å². The van der Waals surface area contributed by atoms with Gasteiger partial charge < -0.3 is 5.32 Å². The van der Waals surface area contributed by atoms with E-state index in [1.54, 1.807) is 0 Å². The van der Waals surface area contributed by atoms with Crippen LogP contribution in [-0.4, -0.2) is 6.54 Å². The van der Waals surface area contributed by atoms with Crippen molar-refractivity contribution in [3.05, 3.63) is 21.4 Å². The summed E-state index contributed by atoms with van der Waals surface area (Å²) in [4.78, 5) is 2.94. The smallest absolute Gasteiger partial charge is 0.0299 e. The molecule has 0 aliphatic carbocycles. The fraction of sp³-hybridized carbons (Fsp3) is 0.750. The third-order valence-corrected chi connectivity index (χ3v) is 4.63. The molecule has 2 heteroatoms. The first-order chi connectivity index (χ1) is 8.74. The lowest BCUT2D eigenvalue weighted by molar-refractivity contribution is 0.564. The predicted octanol–water partition coefficient (Wildman–Crippen LogP) is 5.21. The molecule has 0 saturated carbocycles. The van der Waals surface area contributed by atoms with Crippen LogP contribution in [0.2, 0.25) is 0 Å². The molecule has 0 radical (unpaired) electrons. The van der Waals surface area contributed by atoms with Crippen LogP contribution in [0.5, 0.6) is 0 Å². The zero-order valence-electron chi connectivity index (χ0n) is 12.3. The van der Waals surface area contributed by atoms with Crippen molar-refractivity contribution in [3.63, 3.8) is 0 Å². The van der Waals surface area contributed by atoms with Crippen LogP contribution in [0.3, 0.4) is 0 Å². The summed E-state index contributed by atoms with van der Waals surface area (Å²) in [5.41, 5.74) is 1.44. The summed E-state index contributed by atoms with van der Waals surface area (Å²) < 4.78 is 0. The van der Waals surface area contributed by atoms with Crippen molar-refractivity contribution in [1.29, 1.82) is 0 Å². The molecule has 1 rings (SSSR count). The van der Waals surface area contributed by atoms with E-state index in [-0.39, 0.29) is 0 Å². The lowest BCUT2D eigenvalue weighted by atomic mass is 10.1. The molecule has 18 heavy (non-hydrogen) atoms. The number of thiophene rings is 1. The fourth-order valence-electron chi connectivity index (χ4n) is 2.16. The third-order valence-electron chi connectivity index (χ3n) is 3.47. The monoisotopic (exact) mass is 267 g/mol. The molecule has 104 valence electrons. The predicted molar refractivity (Wildman–Crippen MR) is 83.5 cm³/mol. The van der Waals surface area contributed by atoms with E-state index in [2.05, 4.69) is 32.2 Å². The van der Waals surface area contributed by atoms with Crippen LogP contribution in [-0.2, 0) is 6.54 Å². The quantitative estimate of drug-likeness (QED) is 0.574. The van der Waals surface area contributed by atoms with Crippen LogP contribution in [0.25, 0.3) is 0 Å². The molecule has 0 spiro atoms. The van der Waals surface area contributed by atoms with Gasteiger partial charge in [-0.25, -0.2) is 0 Å². The Morgan fingerprint density at radius 2 is 1.67 bits per heavy atom. The Kier molecular flexibility index (Phi) is 8.36. The Hall–Kier alpha value is -0.340. The Labute approximate surface area is 117 Å². The van der Waals surface area contributed by atoms with Crippen LogP contribution >= 0.6 is 11.3 Å². The van der Waals surface area contributed by atoms with Gasteiger partial charge in [0.1, 0.15) is 0 Å². The molecule has 1 nitrogen and oxygen atoms in total. The van der Waals surface area contributed by atoms with E-state index < -0.39 is 0 Å². The number of unbranched alkanes of at least 4 members (excludes halogenated alkanes) is 6. The molecule has 0 fully saturated rings. The maximum absolute atomic E-state index is 3.55. The Morgan fingerprint density at radius 3 is 2.28 bits per heavy atom. The van der Waals surface area contributed by atoms with Crippen molar-refractivity contribution in [2.45, 2.75) is 72.3 Å². The molecule has 1 aromatic rings. The van der Waals surface area contributed by atoms with Gasteiger partial charge in [0.05, 0.1) is 0 Å². The molecule has 1 aromatic heterocycles. The van der Waals surface area contributed by atoms with E-state index in [4.69, 9.17) is 0 Å². The molecule has 0 aromatic carbocycles. The number of hydrogen-bond donors (Lipinski definition) is 1. The standard InChI is InChI=1S/C16H29NS/c1-4-5-6-7-8-9-10-11-17-13-16-12-14(2)15(3)18-16/h12,17H,4-11,13H2,1-3H3. The highest BCUT2D eigenvalue weighted by atomic mass is 32.1. The summed E-state index contributed by atoms with van der Waals surface area (Å²) in [6.07, 6.45) is 9.75. The highest BCUT2D eigenvalue weighted by Crippen LogP contribution is 2.20. The first-order valence-corrected chi connectivity index (χ1v) is 8.32. The highest BCUT2D eigenvalue weighted by Gasteiger charge is 2.00. The van der Waals surface area contributed by atoms with Crippen molar-refractivity contribution in [2.75, 3.05) is 6.54 Å². The van der Waals surface area contributed by atoms with Crippen molar-refractivity contribution in [3.8, 4) is 0 Å². The maximum atomic E-state index is 3.55. The summed E-state index contributed by atoms with van der Waals surface area (Å²) in [7, 11) is 0. The van der Waals surface area contributed by atoms with Gasteiger partial charge in [0, 0.05) is 16.3 Å². The van der Waals surface area contributed by atoms with Gasteiger partial charge >= 0.3 is 0 Å². The first-order valence-electron chi connectivity index (χ1n) is 7.50. The molecule has 0 saturated heterocycles. The number of hydrogen-bond acceptors (Lipinski definition) is 2. The van der Waals surface area contributed by atoms with Gasteiger partial charge in [-0.05, 0) is 38.4 Å². The average Bonchev–Trinajstić information content (AvgIpc) is 2.67. The zero-order valence-corrected chi connectivity index (χ0v) is 13.2. The molecule has 0 unspecified atom stereocenters. The van der Waals surface area contributed by atoms with Gasteiger partial charge in [0.2, 0.25) is 0 Å². The second-order valence-corrected chi connectivity index (χ2v) is 6.59. The van der Waals surface area contributed by atoms with Crippen LogP contribution < -0.4 is 5.32 Å². The van der Waals surface area contributed by atoms with E-state index in [1.807, 2.05) is 11.3 Å². The highest BCUT2D eigenvalue weighted by molar-refractivity contribution is 7.12. The van der Waals surface area contributed by atoms with Crippen LogP contribution in [0, 0.1) is 13.8 Å². The molecular weight excluding hydrogens is 238 g/mol. The topological polar surface area (TPSA) is 12.0 Å². The fourth-order valence-corrected chi connectivity index (χ4v) is 3.18. The largest absolute Gasteiger partial charge is 0.312 e. The van der Waals surface area contributed by atoms with Crippen molar-refractivity contribution >= 4 is 11.3 Å². The third kappa shape index (κ3) is 6.55. The Balaban J connectivity index is 1.92. The lowest BCUT2D eigenvalue weighted by Gasteiger charge is -2.03. The minimum Gasteiger partial charge on any atom is -0.312 e. The second kappa shape index (κ2) is 9.57. The summed E-state index contributed by atoms with van der Waals surface area (Å²) >= 11 is 1.93. The average molecular weight is 267 g/mol. The number of nitrogens with one attached hydrogen (secondary N) is 1. The lowest BCUT2D eigenvalue weighted by Crippen LogP contribution is -2.13. The minimum atomic E-state index is 1.05. The van der Waals surface area contributed by atoms with Crippen molar-refractivity contribution in [1.82, 2.24) is 5.32 Å². The van der Waals surface area contributed by atoms with Crippen molar-refractivity contribution < 1.29 is 0 Å². The van der Waals surface area contributed by atoms with Gasteiger partial charge in [-0.1, -0.05) is 45.4 Å². The molecule has 0 aliphatic heterocycles. The van der Waals surface area contributed by atoms with E-state index in [0.29, 0.717) is 0 Å². The number of rotatable bonds is 10. The number of aryl methyl sites for hydroxylation is 2. The van der Waals surface area contributed by atoms with E-state index in [1.165, 1.54) is 66.8 Å². The van der Waals surface area contributed by atoms with E-state index in [0.717, 1.165) is 6.54 Å². The van der Waals surface area contributed by atoms with Gasteiger partial charge in [0.15, 0.2) is 0 Å². The molecule has 1 heterocycles. The van der Waals surface area contributed by atoms with E-state index >= 15 is 0 Å². The minimum absolute atomic E-state index is 1.05. The molecule has 0 aliphatic rings. The Morgan fingerprint density at radius 1 is 1.00 bits per heavy atom. The summed E-state index contributed by atoms with van der Waals surface area (Å²) in [5, 5.41) is 3.55. The maximum Gasteiger partial charge on any atom is 0.0299 e. The molecule has 0 amide bonds. The second-order valence-electron chi connectivity index (χ2n) is 5.25. The molecule has 1 N–H and O–H groups in total. The summed E-state index contributed by atoms with van der Waals surface area (Å²) in [6.45, 7) is 8.91. The Bertz CT molecular complexity index is 297. The van der Waals surface area contributed by atoms with Crippen LogP contribution in [0.15, 0.2) is 6.07 Å². The first kappa shape index (κ1) is 15.7. The van der Waals surface area contributed by atoms with Gasteiger partial charge in [-0.3, -0.25) is 0 Å². The van der Waals surface area contributed by atoms with Crippen LogP contribution in [0.1, 0.15) is 67.2 Å². The van der Waals surface area contributed by atoms with Gasteiger partial charge in [0.25, 0.3) is 0 Å². The summed E-state index contributed by atoms with van der Waals surface area (Å²) in [6, 6.07) is 2.32. The molecule has 0 bridgehead atoms.